The van der Waals surface area contributed by atoms with Crippen LogP contribution >= 0.6 is 0 Å². The fraction of sp³-hybridized carbons (Fsp3) is 0.0196. The number of hydrogen-bond donors (Lipinski definition) is 1. The summed E-state index contributed by atoms with van der Waals surface area (Å²) < 4.78 is 6.57. The minimum atomic E-state index is -0.381. The van der Waals surface area contributed by atoms with Gasteiger partial charge in [-0.1, -0.05) is 158 Å². The standard InChI is InChI=1S/C51H33N3O/c1-3-13-37-28-39(26-20-32(37)10-1)41-30-45(48-44-17-7-8-19-46(44)55-47(48)31-41)51-53-49(52-50(54-51)40-27-21-33-11-2-4-14-38(33)29-40)36-24-22-35(23-25-36)43-18-9-15-34-12-5-6-16-42(34)43/h1-31,49H,(H,52,53,54). The van der Waals surface area contributed by atoms with Gasteiger partial charge in [-0.3, -0.25) is 0 Å². The lowest BCUT2D eigenvalue weighted by Gasteiger charge is -2.24. The molecule has 1 aromatic heterocycles. The third-order valence-corrected chi connectivity index (χ3v) is 10.9. The monoisotopic (exact) mass is 703 g/mol. The zero-order valence-corrected chi connectivity index (χ0v) is 29.8. The molecule has 1 aliphatic rings. The number of nitrogens with zero attached hydrogens (tertiary/aromatic N) is 2. The highest BCUT2D eigenvalue weighted by molar-refractivity contribution is 6.23. The maximum Gasteiger partial charge on any atom is 0.160 e. The summed E-state index contributed by atoms with van der Waals surface area (Å²) in [6.07, 6.45) is -0.381. The second-order valence-corrected chi connectivity index (χ2v) is 14.2. The van der Waals surface area contributed by atoms with Gasteiger partial charge < -0.3 is 9.73 Å². The lowest BCUT2D eigenvalue weighted by atomic mass is 9.96. The van der Waals surface area contributed by atoms with Crippen LogP contribution in [0.15, 0.2) is 202 Å². The molecule has 55 heavy (non-hydrogen) atoms. The van der Waals surface area contributed by atoms with E-state index in [1.165, 1.54) is 38.1 Å². The van der Waals surface area contributed by atoms with Crippen LogP contribution in [0, 0.1) is 0 Å². The van der Waals surface area contributed by atoms with Gasteiger partial charge in [-0.05, 0) is 90.5 Å². The Morgan fingerprint density at radius 2 is 1.04 bits per heavy atom. The number of furan rings is 1. The number of fused-ring (bicyclic) bond motifs is 6. The number of rotatable bonds is 5. The molecule has 0 bridgehead atoms. The maximum atomic E-state index is 6.57. The molecule has 4 heteroatoms. The van der Waals surface area contributed by atoms with E-state index in [0.717, 1.165) is 61.0 Å². The molecule has 0 spiro atoms. The van der Waals surface area contributed by atoms with Crippen LogP contribution in [0.1, 0.15) is 22.9 Å². The van der Waals surface area contributed by atoms with E-state index in [0.29, 0.717) is 5.84 Å². The predicted molar refractivity (Wildman–Crippen MR) is 229 cm³/mol. The lowest BCUT2D eigenvalue weighted by molar-refractivity contribution is 0.668. The summed E-state index contributed by atoms with van der Waals surface area (Å²) in [5.41, 5.74) is 9.16. The Labute approximate surface area is 317 Å². The average molecular weight is 704 g/mol. The number of nitrogens with one attached hydrogen (secondary N) is 1. The molecule has 2 heterocycles. The van der Waals surface area contributed by atoms with Gasteiger partial charge >= 0.3 is 0 Å². The molecule has 0 saturated carbocycles. The van der Waals surface area contributed by atoms with Crippen molar-refractivity contribution in [2.24, 2.45) is 9.98 Å². The highest BCUT2D eigenvalue weighted by Crippen LogP contribution is 2.38. The van der Waals surface area contributed by atoms with Gasteiger partial charge in [0.2, 0.25) is 0 Å². The van der Waals surface area contributed by atoms with Gasteiger partial charge in [-0.15, -0.1) is 0 Å². The summed E-state index contributed by atoms with van der Waals surface area (Å²) in [5, 5.41) is 13.0. The Bertz CT molecular complexity index is 3180. The zero-order valence-electron chi connectivity index (χ0n) is 29.8. The molecule has 258 valence electrons. The minimum absolute atomic E-state index is 0.381. The van der Waals surface area contributed by atoms with Crippen LogP contribution < -0.4 is 5.32 Å². The first-order valence-corrected chi connectivity index (χ1v) is 18.7. The van der Waals surface area contributed by atoms with Crippen LogP contribution in [0.25, 0.3) is 76.5 Å². The quantitative estimate of drug-likeness (QED) is 0.194. The second-order valence-electron chi connectivity index (χ2n) is 14.2. The van der Waals surface area contributed by atoms with Crippen molar-refractivity contribution >= 4 is 65.9 Å². The van der Waals surface area contributed by atoms with Gasteiger partial charge in [0.25, 0.3) is 0 Å². The molecule has 0 fully saturated rings. The van der Waals surface area contributed by atoms with Gasteiger partial charge in [-0.2, -0.15) is 0 Å². The number of aliphatic imine (C=N–C) groups is 2. The topological polar surface area (TPSA) is 49.9 Å². The van der Waals surface area contributed by atoms with E-state index in [4.69, 9.17) is 14.4 Å². The van der Waals surface area contributed by atoms with Crippen LogP contribution in [0.3, 0.4) is 0 Å². The average Bonchev–Trinajstić information content (AvgIpc) is 3.64. The van der Waals surface area contributed by atoms with Gasteiger partial charge in [0, 0.05) is 21.9 Å². The first-order valence-electron chi connectivity index (χ1n) is 18.7. The van der Waals surface area contributed by atoms with Crippen LogP contribution in [-0.2, 0) is 0 Å². The van der Waals surface area contributed by atoms with Gasteiger partial charge in [-0.25, -0.2) is 9.98 Å². The van der Waals surface area contributed by atoms with E-state index in [-0.39, 0.29) is 6.17 Å². The SMILES string of the molecule is c1ccc2cc(C3=NC(c4cc(-c5ccc6ccccc6c5)cc5oc6ccccc6c45)=NC(c4ccc(-c5cccc6ccccc56)cc4)N3)ccc2c1. The van der Waals surface area contributed by atoms with Crippen molar-refractivity contribution in [1.82, 2.24) is 5.32 Å². The summed E-state index contributed by atoms with van der Waals surface area (Å²) in [6, 6.07) is 66.5. The van der Waals surface area contributed by atoms with Crippen LogP contribution in [0.5, 0.6) is 0 Å². The highest BCUT2D eigenvalue weighted by atomic mass is 16.3. The number of amidine groups is 2. The molecule has 10 aromatic rings. The molecular weight excluding hydrogens is 671 g/mol. The van der Waals surface area contributed by atoms with Crippen molar-refractivity contribution in [3.05, 3.63) is 205 Å². The molecule has 1 unspecified atom stereocenters. The van der Waals surface area contributed by atoms with E-state index >= 15 is 0 Å². The van der Waals surface area contributed by atoms with Crippen molar-refractivity contribution in [3.63, 3.8) is 0 Å². The normalized spacial score (nSPS) is 14.4. The zero-order chi connectivity index (χ0) is 36.3. The first-order chi connectivity index (χ1) is 27.2. The van der Waals surface area contributed by atoms with Crippen molar-refractivity contribution in [2.45, 2.75) is 6.17 Å². The summed E-state index contributed by atoms with van der Waals surface area (Å²) in [7, 11) is 0. The summed E-state index contributed by atoms with van der Waals surface area (Å²) in [6.45, 7) is 0. The molecule has 0 saturated heterocycles. The van der Waals surface area contributed by atoms with Crippen molar-refractivity contribution in [3.8, 4) is 22.3 Å². The Morgan fingerprint density at radius 1 is 0.418 bits per heavy atom. The predicted octanol–water partition coefficient (Wildman–Crippen LogP) is 12.9. The molecule has 0 radical (unpaired) electrons. The fourth-order valence-electron chi connectivity index (χ4n) is 8.11. The largest absolute Gasteiger partial charge is 0.456 e. The molecule has 9 aromatic carbocycles. The molecule has 0 amide bonds. The summed E-state index contributed by atoms with van der Waals surface area (Å²) in [4.78, 5) is 10.7. The third kappa shape index (κ3) is 5.46. The van der Waals surface area contributed by atoms with Crippen LogP contribution in [-0.4, -0.2) is 11.7 Å². The maximum absolute atomic E-state index is 6.57. The summed E-state index contributed by atoms with van der Waals surface area (Å²) in [5.74, 6) is 1.43. The van der Waals surface area contributed by atoms with Gasteiger partial charge in [0.1, 0.15) is 23.2 Å². The number of para-hydroxylation sites is 1. The number of benzene rings is 9. The van der Waals surface area contributed by atoms with Crippen LogP contribution in [0.2, 0.25) is 0 Å². The molecule has 4 nitrogen and oxygen atoms in total. The Morgan fingerprint density at radius 3 is 1.82 bits per heavy atom. The fourth-order valence-corrected chi connectivity index (χ4v) is 8.11. The van der Waals surface area contributed by atoms with Gasteiger partial charge in [0.05, 0.1) is 0 Å². The Kier molecular flexibility index (Phi) is 7.20. The molecule has 11 rings (SSSR count). The van der Waals surface area contributed by atoms with Crippen molar-refractivity contribution in [2.75, 3.05) is 0 Å². The van der Waals surface area contributed by atoms with Gasteiger partial charge in [0.15, 0.2) is 5.84 Å². The molecule has 1 aliphatic heterocycles. The Balaban J connectivity index is 1.10. The molecule has 1 atom stereocenters. The van der Waals surface area contributed by atoms with E-state index in [1.807, 2.05) is 12.1 Å². The van der Waals surface area contributed by atoms with Crippen LogP contribution in [0.4, 0.5) is 0 Å². The Hall–Kier alpha value is -7.30. The van der Waals surface area contributed by atoms with E-state index in [2.05, 4.69) is 181 Å². The molecule has 1 N–H and O–H groups in total. The number of hydrogen-bond acceptors (Lipinski definition) is 4. The molecule has 0 aliphatic carbocycles. The van der Waals surface area contributed by atoms with E-state index in [1.54, 1.807) is 0 Å². The summed E-state index contributed by atoms with van der Waals surface area (Å²) >= 11 is 0. The minimum Gasteiger partial charge on any atom is -0.456 e. The molecular formula is C51H33N3O. The smallest absolute Gasteiger partial charge is 0.160 e. The lowest BCUT2D eigenvalue weighted by Crippen LogP contribution is -2.33. The second kappa shape index (κ2) is 12.7. The third-order valence-electron chi connectivity index (χ3n) is 10.9. The highest BCUT2D eigenvalue weighted by Gasteiger charge is 2.25. The van der Waals surface area contributed by atoms with Crippen molar-refractivity contribution < 1.29 is 4.42 Å². The van der Waals surface area contributed by atoms with E-state index in [9.17, 15) is 0 Å². The van der Waals surface area contributed by atoms with E-state index < -0.39 is 0 Å². The van der Waals surface area contributed by atoms with Crippen molar-refractivity contribution in [1.29, 1.82) is 0 Å². The first kappa shape index (κ1) is 31.2.